The molecule has 1 rings (SSSR count). The summed E-state index contributed by atoms with van der Waals surface area (Å²) in [5, 5.41) is 0. The zero-order valence-corrected chi connectivity index (χ0v) is 36.9. The number of carbonyl (C=O) groups excluding carboxylic acids is 1. The summed E-state index contributed by atoms with van der Waals surface area (Å²) in [7, 11) is 1.57. The number of ether oxygens (including phenoxy) is 3. The number of esters is 1. The van der Waals surface area contributed by atoms with Gasteiger partial charge in [0.05, 0.1) is 46.2 Å². The van der Waals surface area contributed by atoms with Crippen LogP contribution in [-0.4, -0.2) is 81.2 Å². The Bertz CT molecular complexity index is 1190. The Morgan fingerprint density at radius 3 is 1.79 bits per heavy atom. The number of epoxide rings is 1. The highest BCUT2D eigenvalue weighted by Crippen LogP contribution is 2.43. The molecule has 1 N–H and O–H groups in total. The number of phosphoric acid groups is 1. The van der Waals surface area contributed by atoms with Crippen LogP contribution in [0.5, 0.6) is 0 Å². The van der Waals surface area contributed by atoms with Crippen LogP contribution in [0, 0.1) is 0 Å². The van der Waals surface area contributed by atoms with E-state index in [1.807, 2.05) is 39.4 Å². The molecule has 1 fully saturated rings. The lowest BCUT2D eigenvalue weighted by Gasteiger charge is -2.24. The molecular formula is C46H81NO8P+. The van der Waals surface area contributed by atoms with Crippen LogP contribution in [0.25, 0.3) is 0 Å². The molecular weight excluding hydrogens is 725 g/mol. The van der Waals surface area contributed by atoms with Gasteiger partial charge in [0, 0.05) is 6.42 Å². The summed E-state index contributed by atoms with van der Waals surface area (Å²) in [4.78, 5) is 22.8. The minimum Gasteiger partial charge on any atom is -0.498 e. The second-order valence-electron chi connectivity index (χ2n) is 15.8. The molecule has 9 nitrogen and oxygen atoms in total. The lowest BCUT2D eigenvalue weighted by atomic mass is 10.0. The molecule has 0 radical (unpaired) electrons. The van der Waals surface area contributed by atoms with Crippen LogP contribution in [-0.2, 0) is 32.6 Å². The van der Waals surface area contributed by atoms with Crippen molar-refractivity contribution in [3.8, 4) is 0 Å². The van der Waals surface area contributed by atoms with E-state index in [0.717, 1.165) is 51.4 Å². The van der Waals surface area contributed by atoms with Crippen molar-refractivity contribution < 1.29 is 42.0 Å². The third-order valence-corrected chi connectivity index (χ3v) is 10.2. The minimum atomic E-state index is -4.32. The Kier molecular flexibility index (Phi) is 32.1. The maximum Gasteiger partial charge on any atom is 0.472 e. The van der Waals surface area contributed by atoms with Crippen LogP contribution in [0.2, 0.25) is 0 Å². The van der Waals surface area contributed by atoms with Crippen LogP contribution in [0.15, 0.2) is 73.1 Å². The van der Waals surface area contributed by atoms with Crippen molar-refractivity contribution in [2.45, 2.75) is 167 Å². The average molecular weight is 807 g/mol. The predicted molar refractivity (Wildman–Crippen MR) is 232 cm³/mol. The standard InChI is InChI=1S/C46H80NO8P/c1-6-8-10-11-12-13-14-15-18-21-24-27-30-34-39-51-41-43(42-53-56(49,50)52-40-38-47(3,4)5)54-46(48)37-33-29-26-23-20-17-16-19-22-25-28-32-36-45-44(55-45)35-31-9-7-2/h9,17,19-20,22,26,28-29,31-32,34,39,43-45H,6-8,10-16,18,21,23-25,27,30,33,35-38,40-42H2,1-5H3/p+1/b20-17-,22-19-,29-26-,31-9-,32-28-,39-34+/t43-,44?,45?/m1/s1. The normalized spacial score (nSPS) is 18.0. The number of hydrogen-bond acceptors (Lipinski definition) is 7. The number of unbranched alkanes of at least 4 members (excludes halogenated alkanes) is 12. The Morgan fingerprint density at radius 1 is 0.679 bits per heavy atom. The van der Waals surface area contributed by atoms with Gasteiger partial charge in [0.1, 0.15) is 19.8 Å². The molecule has 0 aromatic carbocycles. The lowest BCUT2D eigenvalue weighted by molar-refractivity contribution is -0.870. The fourth-order valence-electron chi connectivity index (χ4n) is 5.76. The van der Waals surface area contributed by atoms with Crippen molar-refractivity contribution in [2.24, 2.45) is 0 Å². The summed E-state index contributed by atoms with van der Waals surface area (Å²) >= 11 is 0. The maximum absolute atomic E-state index is 12.6. The third-order valence-electron chi connectivity index (χ3n) is 9.26. The van der Waals surface area contributed by atoms with Gasteiger partial charge in [-0.3, -0.25) is 13.8 Å². The highest BCUT2D eigenvalue weighted by atomic mass is 31.2. The molecule has 4 atom stereocenters. The summed E-state index contributed by atoms with van der Waals surface area (Å²) in [5.41, 5.74) is 0. The summed E-state index contributed by atoms with van der Waals surface area (Å²) < 4.78 is 40.3. The van der Waals surface area contributed by atoms with Crippen LogP contribution >= 0.6 is 7.82 Å². The number of nitrogens with zero attached hydrogens (tertiary/aromatic N) is 1. The largest absolute Gasteiger partial charge is 0.498 e. The van der Waals surface area contributed by atoms with Crippen molar-refractivity contribution >= 4 is 13.8 Å². The van der Waals surface area contributed by atoms with Crippen molar-refractivity contribution in [1.29, 1.82) is 0 Å². The lowest BCUT2D eigenvalue weighted by Crippen LogP contribution is -2.37. The second-order valence-corrected chi connectivity index (χ2v) is 17.3. The molecule has 0 amide bonds. The van der Waals surface area contributed by atoms with E-state index in [1.165, 1.54) is 70.6 Å². The first-order valence-electron chi connectivity index (χ1n) is 21.8. The number of carbonyl (C=O) groups is 1. The van der Waals surface area contributed by atoms with Gasteiger partial charge in [0.15, 0.2) is 6.10 Å². The zero-order valence-electron chi connectivity index (χ0n) is 36.0. The smallest absolute Gasteiger partial charge is 0.472 e. The monoisotopic (exact) mass is 807 g/mol. The molecule has 1 aliphatic heterocycles. The summed E-state index contributed by atoms with van der Waals surface area (Å²) in [6.45, 7) is 4.70. The van der Waals surface area contributed by atoms with Crippen LogP contribution < -0.4 is 0 Å². The number of hydrogen-bond donors (Lipinski definition) is 1. The summed E-state index contributed by atoms with van der Waals surface area (Å²) in [6, 6.07) is 0. The molecule has 0 bridgehead atoms. The highest BCUT2D eigenvalue weighted by Gasteiger charge is 2.36. The van der Waals surface area contributed by atoms with E-state index in [9.17, 15) is 14.3 Å². The van der Waals surface area contributed by atoms with Crippen molar-refractivity contribution in [3.63, 3.8) is 0 Å². The van der Waals surface area contributed by atoms with Gasteiger partial charge in [-0.05, 0) is 63.9 Å². The van der Waals surface area contributed by atoms with E-state index in [0.29, 0.717) is 29.7 Å². The molecule has 0 spiro atoms. The van der Waals surface area contributed by atoms with Gasteiger partial charge in [0.2, 0.25) is 0 Å². The van der Waals surface area contributed by atoms with Crippen molar-refractivity contribution in [2.75, 3.05) is 47.5 Å². The molecule has 10 heteroatoms. The van der Waals surface area contributed by atoms with Gasteiger partial charge in [-0.2, -0.15) is 0 Å². The van der Waals surface area contributed by atoms with Crippen LogP contribution in [0.1, 0.15) is 149 Å². The van der Waals surface area contributed by atoms with Gasteiger partial charge in [-0.25, -0.2) is 4.57 Å². The number of quaternary nitrogens is 1. The first-order chi connectivity index (χ1) is 27.1. The Labute approximate surface area is 342 Å². The fourth-order valence-corrected chi connectivity index (χ4v) is 6.50. The number of rotatable bonds is 38. The van der Waals surface area contributed by atoms with Crippen molar-refractivity contribution in [1.82, 2.24) is 0 Å². The number of likely N-dealkylation sites (N-methyl/N-ethyl adjacent to an activating group) is 1. The molecule has 1 heterocycles. The van der Waals surface area contributed by atoms with Crippen LogP contribution in [0.4, 0.5) is 0 Å². The predicted octanol–water partition coefficient (Wildman–Crippen LogP) is 12.0. The first kappa shape index (κ1) is 51.8. The molecule has 56 heavy (non-hydrogen) atoms. The van der Waals surface area contributed by atoms with Crippen molar-refractivity contribution in [3.05, 3.63) is 73.1 Å². The summed E-state index contributed by atoms with van der Waals surface area (Å²) in [5.74, 6) is -0.422. The molecule has 0 saturated carbocycles. The Hall–Kier alpha value is -2.26. The molecule has 0 aromatic rings. The third kappa shape index (κ3) is 34.9. The first-order valence-corrected chi connectivity index (χ1v) is 23.3. The Morgan fingerprint density at radius 2 is 1.21 bits per heavy atom. The quantitative estimate of drug-likeness (QED) is 0.0125. The topological polar surface area (TPSA) is 104 Å². The van der Waals surface area contributed by atoms with E-state index >= 15 is 0 Å². The highest BCUT2D eigenvalue weighted by molar-refractivity contribution is 7.47. The molecule has 3 unspecified atom stereocenters. The van der Waals surface area contributed by atoms with E-state index in [1.54, 1.807) is 6.26 Å². The maximum atomic E-state index is 12.6. The van der Waals surface area contributed by atoms with E-state index in [4.69, 9.17) is 23.3 Å². The van der Waals surface area contributed by atoms with E-state index in [-0.39, 0.29) is 26.2 Å². The second kappa shape index (κ2) is 34.8. The number of phosphoric ester groups is 1. The molecule has 322 valence electrons. The van der Waals surface area contributed by atoms with Gasteiger partial charge in [0.25, 0.3) is 0 Å². The summed E-state index contributed by atoms with van der Waals surface area (Å²) in [6.07, 6.45) is 48.0. The molecule has 0 aliphatic carbocycles. The zero-order chi connectivity index (χ0) is 41.0. The fraction of sp³-hybridized carbons (Fsp3) is 0.717. The van der Waals surface area contributed by atoms with Gasteiger partial charge in [-0.1, -0.05) is 145 Å². The SMILES string of the molecule is CC/C=C\CC1OC1C/C=C\C/C=C\C/C=C\C/C=C\CCC(=O)O[C@H](CO/C=C/CCCCCCCCCCCCCC)COP(=O)(O)OCC[N+](C)(C)C. The Balaban J connectivity index is 2.31. The minimum absolute atomic E-state index is 0.0119. The average Bonchev–Trinajstić information content (AvgIpc) is 3.90. The van der Waals surface area contributed by atoms with Gasteiger partial charge in [-0.15, -0.1) is 0 Å². The van der Waals surface area contributed by atoms with Gasteiger partial charge < -0.3 is 23.6 Å². The number of allylic oxidation sites excluding steroid dienone is 9. The molecule has 0 aromatic heterocycles. The van der Waals surface area contributed by atoms with Gasteiger partial charge >= 0.3 is 13.8 Å². The van der Waals surface area contributed by atoms with E-state index < -0.39 is 19.9 Å². The molecule has 1 saturated heterocycles. The molecule has 1 aliphatic rings. The van der Waals surface area contributed by atoms with E-state index in [2.05, 4.69) is 62.5 Å². The van der Waals surface area contributed by atoms with Crippen LogP contribution in [0.3, 0.4) is 0 Å².